The highest BCUT2D eigenvalue weighted by molar-refractivity contribution is 6.01. The Morgan fingerprint density at radius 1 is 1.11 bits per heavy atom. The number of nitrogens with one attached hydrogen (secondary N) is 1. The van der Waals surface area contributed by atoms with E-state index in [0.29, 0.717) is 6.42 Å². The lowest BCUT2D eigenvalue weighted by atomic mass is 9.73. The number of ketones is 1. The van der Waals surface area contributed by atoms with Gasteiger partial charge in [0.2, 0.25) is 0 Å². The third-order valence-electron chi connectivity index (χ3n) is 5.53. The predicted molar refractivity (Wildman–Crippen MR) is 107 cm³/mol. The summed E-state index contributed by atoms with van der Waals surface area (Å²) >= 11 is 0. The van der Waals surface area contributed by atoms with Crippen LogP contribution < -0.4 is 10.2 Å². The van der Waals surface area contributed by atoms with Crippen LogP contribution in [-0.4, -0.2) is 12.3 Å². The molecule has 0 unspecified atom stereocenters. The van der Waals surface area contributed by atoms with Gasteiger partial charge in [0, 0.05) is 24.2 Å². The van der Waals surface area contributed by atoms with E-state index in [0.717, 1.165) is 41.2 Å². The van der Waals surface area contributed by atoms with Crippen LogP contribution in [0, 0.1) is 11.2 Å². The summed E-state index contributed by atoms with van der Waals surface area (Å²) < 4.78 is 13.6. The number of rotatable bonds is 2. The summed E-state index contributed by atoms with van der Waals surface area (Å²) in [6, 6.07) is 14.5. The number of hydrogen-bond donors (Lipinski definition) is 1. The summed E-state index contributed by atoms with van der Waals surface area (Å²) in [6.07, 6.45) is 1.34. The highest BCUT2D eigenvalue weighted by atomic mass is 19.1. The second kappa shape index (κ2) is 6.52. The number of nitrogens with zero attached hydrogens (tertiary/aromatic N) is 1. The zero-order chi connectivity index (χ0) is 19.2. The van der Waals surface area contributed by atoms with Gasteiger partial charge in [0.1, 0.15) is 5.82 Å². The summed E-state index contributed by atoms with van der Waals surface area (Å²) in [5.41, 5.74) is 4.76. The molecule has 3 nitrogen and oxygen atoms in total. The van der Waals surface area contributed by atoms with Gasteiger partial charge >= 0.3 is 0 Å². The Hall–Kier alpha value is -2.62. The molecule has 1 aliphatic heterocycles. The van der Waals surface area contributed by atoms with Gasteiger partial charge in [0.25, 0.3) is 0 Å². The molecular formula is C23H25FN2O. The third kappa shape index (κ3) is 3.14. The molecule has 0 spiro atoms. The van der Waals surface area contributed by atoms with E-state index in [1.54, 1.807) is 12.1 Å². The molecule has 0 saturated carbocycles. The van der Waals surface area contributed by atoms with Crippen LogP contribution in [0.5, 0.6) is 0 Å². The quantitative estimate of drug-likeness (QED) is 0.768. The minimum atomic E-state index is -0.265. The summed E-state index contributed by atoms with van der Waals surface area (Å²) in [6.45, 7) is 7.11. The average Bonchev–Trinajstić information content (AvgIpc) is 2.75. The monoisotopic (exact) mass is 364 g/mol. The SMILES string of the molecule is CCN1c2ccccc2NC2=C(C(=O)CC(C)(C)C2)[C@@H]1c1ccc(F)cc1. The van der Waals surface area contributed by atoms with Crippen molar-refractivity contribution in [1.29, 1.82) is 0 Å². The van der Waals surface area contributed by atoms with Gasteiger partial charge in [0.15, 0.2) is 5.78 Å². The van der Waals surface area contributed by atoms with Gasteiger partial charge in [-0.3, -0.25) is 4.79 Å². The molecule has 0 fully saturated rings. The highest BCUT2D eigenvalue weighted by Crippen LogP contribution is 2.47. The molecule has 0 amide bonds. The van der Waals surface area contributed by atoms with Crippen molar-refractivity contribution in [2.24, 2.45) is 5.41 Å². The molecule has 1 aliphatic carbocycles. The van der Waals surface area contributed by atoms with E-state index < -0.39 is 0 Å². The first kappa shape index (κ1) is 17.8. The third-order valence-corrected chi connectivity index (χ3v) is 5.53. The standard InChI is InChI=1S/C23H25FN2O/c1-4-26-19-8-6-5-7-17(19)25-18-13-23(2,3)14-20(27)21(18)22(26)15-9-11-16(24)12-10-15/h5-12,22,25H,4,13-14H2,1-3H3/t22-/m0/s1. The maximum Gasteiger partial charge on any atom is 0.163 e. The molecule has 4 heteroatoms. The topological polar surface area (TPSA) is 32.3 Å². The molecule has 1 N–H and O–H groups in total. The summed E-state index contributed by atoms with van der Waals surface area (Å²) in [4.78, 5) is 15.5. The van der Waals surface area contributed by atoms with Gasteiger partial charge in [-0.1, -0.05) is 38.1 Å². The molecule has 2 aromatic carbocycles. The fourth-order valence-corrected chi connectivity index (χ4v) is 4.40. The van der Waals surface area contributed by atoms with Crippen LogP contribution in [0.4, 0.5) is 15.8 Å². The number of Topliss-reactive ketones (excluding diaryl/α,β-unsaturated/α-hetero) is 1. The first-order chi connectivity index (χ1) is 12.9. The Balaban J connectivity index is 1.96. The number of anilines is 2. The Morgan fingerprint density at radius 3 is 2.52 bits per heavy atom. The first-order valence-electron chi connectivity index (χ1n) is 9.54. The fraction of sp³-hybridized carbons (Fsp3) is 0.348. The minimum absolute atomic E-state index is 0.0768. The van der Waals surface area contributed by atoms with E-state index in [-0.39, 0.29) is 23.1 Å². The number of allylic oxidation sites excluding steroid dienone is 1. The molecule has 2 aliphatic rings. The Labute approximate surface area is 159 Å². The van der Waals surface area contributed by atoms with Crippen molar-refractivity contribution < 1.29 is 9.18 Å². The number of benzene rings is 2. The lowest BCUT2D eigenvalue weighted by Crippen LogP contribution is -2.36. The van der Waals surface area contributed by atoms with Crippen molar-refractivity contribution in [3.05, 3.63) is 71.2 Å². The van der Waals surface area contributed by atoms with E-state index in [4.69, 9.17) is 0 Å². The smallest absolute Gasteiger partial charge is 0.163 e. The number of carbonyl (C=O) groups is 1. The molecule has 0 radical (unpaired) electrons. The van der Waals surface area contributed by atoms with Gasteiger partial charge in [-0.25, -0.2) is 4.39 Å². The molecular weight excluding hydrogens is 339 g/mol. The Kier molecular flexibility index (Phi) is 4.29. The van der Waals surface area contributed by atoms with Gasteiger partial charge < -0.3 is 10.2 Å². The Bertz CT molecular complexity index is 914. The lowest BCUT2D eigenvalue weighted by molar-refractivity contribution is -0.118. The zero-order valence-electron chi connectivity index (χ0n) is 16.1. The molecule has 1 atom stereocenters. The van der Waals surface area contributed by atoms with Crippen LogP contribution in [0.25, 0.3) is 0 Å². The maximum atomic E-state index is 13.6. The number of halogens is 1. The molecule has 1 heterocycles. The predicted octanol–water partition coefficient (Wildman–Crippen LogP) is 5.46. The summed E-state index contributed by atoms with van der Waals surface area (Å²) in [5.74, 6) is -0.0893. The van der Waals surface area contributed by atoms with Crippen molar-refractivity contribution in [1.82, 2.24) is 0 Å². The fourth-order valence-electron chi connectivity index (χ4n) is 4.40. The number of hydrogen-bond acceptors (Lipinski definition) is 3. The average molecular weight is 364 g/mol. The van der Waals surface area contributed by atoms with Gasteiger partial charge in [-0.2, -0.15) is 0 Å². The van der Waals surface area contributed by atoms with E-state index in [1.807, 2.05) is 12.1 Å². The molecule has 140 valence electrons. The van der Waals surface area contributed by atoms with E-state index in [2.05, 4.69) is 43.1 Å². The van der Waals surface area contributed by atoms with Crippen LogP contribution in [0.1, 0.15) is 45.2 Å². The lowest BCUT2D eigenvalue weighted by Gasteiger charge is -2.37. The van der Waals surface area contributed by atoms with Crippen LogP contribution in [0.2, 0.25) is 0 Å². The van der Waals surface area contributed by atoms with Crippen LogP contribution in [0.15, 0.2) is 59.8 Å². The van der Waals surface area contributed by atoms with Crippen molar-refractivity contribution in [3.63, 3.8) is 0 Å². The second-order valence-corrected chi connectivity index (χ2v) is 8.22. The molecule has 0 bridgehead atoms. The summed E-state index contributed by atoms with van der Waals surface area (Å²) in [5, 5.41) is 3.57. The van der Waals surface area contributed by atoms with E-state index in [9.17, 15) is 9.18 Å². The normalized spacial score (nSPS) is 21.3. The van der Waals surface area contributed by atoms with Gasteiger partial charge in [-0.05, 0) is 48.6 Å². The Morgan fingerprint density at radius 2 is 1.81 bits per heavy atom. The highest BCUT2D eigenvalue weighted by Gasteiger charge is 2.40. The molecule has 0 saturated heterocycles. The second-order valence-electron chi connectivity index (χ2n) is 8.22. The molecule has 2 aromatic rings. The van der Waals surface area contributed by atoms with Crippen molar-refractivity contribution in [2.45, 2.75) is 39.7 Å². The molecule has 0 aromatic heterocycles. The van der Waals surface area contributed by atoms with Gasteiger partial charge in [0.05, 0.1) is 17.4 Å². The van der Waals surface area contributed by atoms with Crippen molar-refractivity contribution >= 4 is 17.2 Å². The van der Waals surface area contributed by atoms with E-state index >= 15 is 0 Å². The van der Waals surface area contributed by atoms with Crippen molar-refractivity contribution in [2.75, 3.05) is 16.8 Å². The number of carbonyl (C=O) groups excluding carboxylic acids is 1. The maximum absolute atomic E-state index is 13.6. The summed E-state index contributed by atoms with van der Waals surface area (Å²) in [7, 11) is 0. The van der Waals surface area contributed by atoms with Gasteiger partial charge in [-0.15, -0.1) is 0 Å². The molecule has 4 rings (SSSR count). The van der Waals surface area contributed by atoms with Crippen LogP contribution in [0.3, 0.4) is 0 Å². The zero-order valence-corrected chi connectivity index (χ0v) is 16.1. The number of likely N-dealkylation sites (N-methyl/N-ethyl adjacent to an activating group) is 1. The minimum Gasteiger partial charge on any atom is -0.359 e. The first-order valence-corrected chi connectivity index (χ1v) is 9.54. The van der Waals surface area contributed by atoms with Crippen LogP contribution >= 0.6 is 0 Å². The van der Waals surface area contributed by atoms with Crippen LogP contribution in [-0.2, 0) is 4.79 Å². The van der Waals surface area contributed by atoms with Crippen molar-refractivity contribution in [3.8, 4) is 0 Å². The number of fused-ring (bicyclic) bond motifs is 1. The molecule has 27 heavy (non-hydrogen) atoms. The largest absolute Gasteiger partial charge is 0.359 e. The van der Waals surface area contributed by atoms with E-state index in [1.165, 1.54) is 12.1 Å². The number of para-hydroxylation sites is 2.